The van der Waals surface area contributed by atoms with Gasteiger partial charge in [0.05, 0.1) is 6.42 Å². The van der Waals surface area contributed by atoms with Gasteiger partial charge in [0.25, 0.3) is 0 Å². The lowest BCUT2D eigenvalue weighted by Gasteiger charge is -2.23. The molecule has 3 heteroatoms. The van der Waals surface area contributed by atoms with Crippen LogP contribution in [0.1, 0.15) is 39.0 Å². The lowest BCUT2D eigenvalue weighted by atomic mass is 10.1. The van der Waals surface area contributed by atoms with Crippen molar-refractivity contribution >= 4 is 5.97 Å². The van der Waals surface area contributed by atoms with E-state index in [0.717, 1.165) is 19.0 Å². The maximum Gasteiger partial charge on any atom is 0.304 e. The summed E-state index contributed by atoms with van der Waals surface area (Å²) in [4.78, 5) is 12.7. The van der Waals surface area contributed by atoms with E-state index in [2.05, 4.69) is 11.8 Å². The summed E-state index contributed by atoms with van der Waals surface area (Å²) in [6, 6.07) is 0. The molecule has 1 fully saturated rings. The monoisotopic (exact) mass is 199 g/mol. The molecular formula is C11H21NO2. The minimum Gasteiger partial charge on any atom is -0.481 e. The van der Waals surface area contributed by atoms with Crippen molar-refractivity contribution < 1.29 is 9.90 Å². The van der Waals surface area contributed by atoms with Crippen molar-refractivity contribution in [3.63, 3.8) is 0 Å². The Morgan fingerprint density at radius 3 is 2.57 bits per heavy atom. The van der Waals surface area contributed by atoms with E-state index >= 15 is 0 Å². The molecule has 0 heterocycles. The molecule has 1 aliphatic rings. The van der Waals surface area contributed by atoms with E-state index < -0.39 is 5.97 Å². The van der Waals surface area contributed by atoms with E-state index in [-0.39, 0.29) is 6.42 Å². The van der Waals surface area contributed by atoms with Gasteiger partial charge in [-0.25, -0.2) is 0 Å². The van der Waals surface area contributed by atoms with E-state index in [4.69, 9.17) is 5.11 Å². The van der Waals surface area contributed by atoms with Gasteiger partial charge >= 0.3 is 5.97 Å². The Bertz CT molecular complexity index is 176. The summed E-state index contributed by atoms with van der Waals surface area (Å²) in [6.07, 6.45) is 5.68. The number of rotatable bonds is 6. The normalized spacial score (nSPS) is 17.9. The second-order valence-corrected chi connectivity index (χ2v) is 4.19. The van der Waals surface area contributed by atoms with Gasteiger partial charge in [-0.05, 0) is 25.3 Å². The number of carbonyl (C=O) groups is 1. The van der Waals surface area contributed by atoms with Crippen molar-refractivity contribution in [2.75, 3.05) is 19.6 Å². The third-order valence-corrected chi connectivity index (χ3v) is 3.08. The van der Waals surface area contributed by atoms with Crippen LogP contribution in [0.4, 0.5) is 0 Å². The van der Waals surface area contributed by atoms with Crippen LogP contribution in [-0.2, 0) is 4.79 Å². The van der Waals surface area contributed by atoms with Gasteiger partial charge in [0, 0.05) is 13.1 Å². The van der Waals surface area contributed by atoms with Crippen LogP contribution in [0.2, 0.25) is 0 Å². The standard InChI is InChI=1S/C11H21NO2/c1-2-12(8-7-11(13)14)9-10-5-3-4-6-10/h10H,2-9H2,1H3,(H,13,14). The third kappa shape index (κ3) is 4.09. The number of hydrogen-bond acceptors (Lipinski definition) is 2. The Morgan fingerprint density at radius 2 is 2.07 bits per heavy atom. The molecule has 0 atom stereocenters. The molecule has 0 aromatic rings. The van der Waals surface area contributed by atoms with Crippen LogP contribution in [0.5, 0.6) is 0 Å². The highest BCUT2D eigenvalue weighted by Crippen LogP contribution is 2.25. The highest BCUT2D eigenvalue weighted by atomic mass is 16.4. The third-order valence-electron chi connectivity index (χ3n) is 3.08. The molecule has 1 saturated carbocycles. The van der Waals surface area contributed by atoms with Crippen LogP contribution in [0.15, 0.2) is 0 Å². The predicted molar refractivity (Wildman–Crippen MR) is 56.3 cm³/mol. The van der Waals surface area contributed by atoms with Gasteiger partial charge in [-0.15, -0.1) is 0 Å². The van der Waals surface area contributed by atoms with Crippen LogP contribution in [0.25, 0.3) is 0 Å². The highest BCUT2D eigenvalue weighted by Gasteiger charge is 2.17. The zero-order valence-electron chi connectivity index (χ0n) is 9.04. The number of hydrogen-bond donors (Lipinski definition) is 1. The van der Waals surface area contributed by atoms with Gasteiger partial charge in [0.15, 0.2) is 0 Å². The molecule has 0 aliphatic heterocycles. The van der Waals surface area contributed by atoms with Crippen LogP contribution in [0, 0.1) is 5.92 Å². The molecule has 0 spiro atoms. The Labute approximate surface area is 86.1 Å². The summed E-state index contributed by atoms with van der Waals surface area (Å²) >= 11 is 0. The van der Waals surface area contributed by atoms with Crippen LogP contribution >= 0.6 is 0 Å². The van der Waals surface area contributed by atoms with Gasteiger partial charge in [0.1, 0.15) is 0 Å². The van der Waals surface area contributed by atoms with Crippen molar-refractivity contribution in [1.82, 2.24) is 4.90 Å². The Morgan fingerprint density at radius 1 is 1.43 bits per heavy atom. The van der Waals surface area contributed by atoms with Gasteiger partial charge in [-0.1, -0.05) is 19.8 Å². The maximum absolute atomic E-state index is 10.4. The average Bonchev–Trinajstić information content (AvgIpc) is 2.64. The summed E-state index contributed by atoms with van der Waals surface area (Å²) in [6.45, 7) is 4.90. The predicted octanol–water partition coefficient (Wildman–Crippen LogP) is 1.97. The minimum absolute atomic E-state index is 0.278. The van der Waals surface area contributed by atoms with Crippen molar-refractivity contribution in [2.45, 2.75) is 39.0 Å². The lowest BCUT2D eigenvalue weighted by molar-refractivity contribution is -0.137. The van der Waals surface area contributed by atoms with Gasteiger partial charge in [0.2, 0.25) is 0 Å². The topological polar surface area (TPSA) is 40.5 Å². The number of aliphatic carboxylic acids is 1. The van der Waals surface area contributed by atoms with Crippen molar-refractivity contribution in [3.8, 4) is 0 Å². The second-order valence-electron chi connectivity index (χ2n) is 4.19. The highest BCUT2D eigenvalue weighted by molar-refractivity contribution is 5.66. The zero-order chi connectivity index (χ0) is 10.4. The van der Waals surface area contributed by atoms with Gasteiger partial charge in [-0.2, -0.15) is 0 Å². The Balaban J connectivity index is 2.19. The smallest absolute Gasteiger partial charge is 0.304 e. The zero-order valence-corrected chi connectivity index (χ0v) is 9.04. The van der Waals surface area contributed by atoms with E-state index in [1.54, 1.807) is 0 Å². The first-order chi connectivity index (χ1) is 6.72. The molecule has 0 radical (unpaired) electrons. The Kier molecular flexibility index (Phi) is 4.94. The van der Waals surface area contributed by atoms with Gasteiger partial charge < -0.3 is 10.0 Å². The van der Waals surface area contributed by atoms with Crippen molar-refractivity contribution in [3.05, 3.63) is 0 Å². The molecule has 0 bridgehead atoms. The molecule has 0 unspecified atom stereocenters. The summed E-state index contributed by atoms with van der Waals surface area (Å²) in [5.74, 6) is 0.138. The number of carboxylic acids is 1. The average molecular weight is 199 g/mol. The van der Waals surface area contributed by atoms with Crippen LogP contribution in [-0.4, -0.2) is 35.6 Å². The summed E-state index contributed by atoms with van der Waals surface area (Å²) < 4.78 is 0. The van der Waals surface area contributed by atoms with E-state index in [0.29, 0.717) is 6.54 Å². The van der Waals surface area contributed by atoms with E-state index in [9.17, 15) is 4.79 Å². The number of nitrogens with zero attached hydrogens (tertiary/aromatic N) is 1. The molecule has 1 N–H and O–H groups in total. The van der Waals surface area contributed by atoms with E-state index in [1.165, 1.54) is 25.7 Å². The molecule has 0 aromatic carbocycles. The summed E-state index contributed by atoms with van der Waals surface area (Å²) in [5, 5.41) is 8.59. The van der Waals surface area contributed by atoms with Crippen molar-refractivity contribution in [2.24, 2.45) is 5.92 Å². The fourth-order valence-corrected chi connectivity index (χ4v) is 2.19. The maximum atomic E-state index is 10.4. The Hall–Kier alpha value is -0.570. The first-order valence-electron chi connectivity index (χ1n) is 5.66. The molecule has 0 saturated heterocycles. The SMILES string of the molecule is CCN(CCC(=O)O)CC1CCCC1. The summed E-state index contributed by atoms with van der Waals surface area (Å²) in [7, 11) is 0. The van der Waals surface area contributed by atoms with Crippen LogP contribution < -0.4 is 0 Å². The molecule has 1 aliphatic carbocycles. The molecule has 0 amide bonds. The number of carboxylic acid groups (broad SMARTS) is 1. The largest absolute Gasteiger partial charge is 0.481 e. The van der Waals surface area contributed by atoms with Crippen LogP contribution in [0.3, 0.4) is 0 Å². The molecule has 0 aromatic heterocycles. The minimum atomic E-state index is -0.685. The quantitative estimate of drug-likeness (QED) is 0.711. The summed E-state index contributed by atoms with van der Waals surface area (Å²) in [5.41, 5.74) is 0. The van der Waals surface area contributed by atoms with Gasteiger partial charge in [-0.3, -0.25) is 4.79 Å². The van der Waals surface area contributed by atoms with E-state index in [1.807, 2.05) is 0 Å². The fourth-order valence-electron chi connectivity index (χ4n) is 2.19. The molecule has 1 rings (SSSR count). The first-order valence-corrected chi connectivity index (χ1v) is 5.66. The second kappa shape index (κ2) is 6.02. The molecule has 14 heavy (non-hydrogen) atoms. The molecular weight excluding hydrogens is 178 g/mol. The van der Waals surface area contributed by atoms with Crippen molar-refractivity contribution in [1.29, 1.82) is 0 Å². The molecule has 3 nitrogen and oxygen atoms in total. The lowest BCUT2D eigenvalue weighted by Crippen LogP contribution is -2.30. The molecule has 82 valence electrons. The first kappa shape index (κ1) is 11.5. The fraction of sp³-hybridized carbons (Fsp3) is 0.909.